The average Bonchev–Trinajstić information content (AvgIpc) is 1.65. The van der Waals surface area contributed by atoms with Gasteiger partial charge in [-0.2, -0.15) is 0 Å². The zero-order valence-corrected chi connectivity index (χ0v) is 3.38. The first-order valence-electron chi connectivity index (χ1n) is 1.38. The number of rotatable bonds is 1. The molecule has 2 N–H and O–H groups in total. The number of hydrogen-bond acceptors (Lipinski definition) is 3. The standard InChI is InChI=1S/C3H6O3/c1-6-3(5)2-4/h2,4-5H,1H3. The van der Waals surface area contributed by atoms with Crippen molar-refractivity contribution in [3.8, 4) is 0 Å². The third-order valence-corrected chi connectivity index (χ3v) is 0.320. The monoisotopic (exact) mass is 90.0 g/mol. The van der Waals surface area contributed by atoms with Crippen molar-refractivity contribution in [2.24, 2.45) is 0 Å². The van der Waals surface area contributed by atoms with E-state index in [1.807, 2.05) is 0 Å². The lowest BCUT2D eigenvalue weighted by atomic mass is 11.0. The maximum absolute atomic E-state index is 8.06. The Balaban J connectivity index is 3.22. The summed E-state index contributed by atoms with van der Waals surface area (Å²) in [4.78, 5) is 0. The van der Waals surface area contributed by atoms with E-state index in [1.54, 1.807) is 0 Å². The summed E-state index contributed by atoms with van der Waals surface area (Å²) in [7, 11) is 1.25. The van der Waals surface area contributed by atoms with Crippen LogP contribution in [-0.2, 0) is 4.74 Å². The highest BCUT2D eigenvalue weighted by Crippen LogP contribution is 1.80. The maximum atomic E-state index is 8.06. The highest BCUT2D eigenvalue weighted by molar-refractivity contribution is 4.66. The van der Waals surface area contributed by atoms with Crippen molar-refractivity contribution in [1.29, 1.82) is 0 Å². The molecule has 0 aromatic rings. The molecule has 3 heteroatoms. The molecular formula is C3H6O3. The Morgan fingerprint density at radius 3 is 2.33 bits per heavy atom. The molecule has 0 aliphatic heterocycles. The molecule has 0 aromatic heterocycles. The molecule has 6 heavy (non-hydrogen) atoms. The van der Waals surface area contributed by atoms with Gasteiger partial charge in [-0.05, 0) is 0 Å². The fraction of sp³-hybridized carbons (Fsp3) is 0.333. The van der Waals surface area contributed by atoms with Gasteiger partial charge >= 0.3 is 5.95 Å². The number of aliphatic hydroxyl groups is 2. The molecule has 0 unspecified atom stereocenters. The quantitative estimate of drug-likeness (QED) is 0.462. The SMILES string of the molecule is COC(O)=CO. The normalized spacial score (nSPS) is 11.2. The highest BCUT2D eigenvalue weighted by Gasteiger charge is 1.78. The molecule has 0 bridgehead atoms. The van der Waals surface area contributed by atoms with Crippen molar-refractivity contribution < 1.29 is 14.9 Å². The summed E-state index contributed by atoms with van der Waals surface area (Å²) in [6, 6.07) is 0. The molecule has 0 spiro atoms. The zero-order valence-electron chi connectivity index (χ0n) is 3.38. The van der Waals surface area contributed by atoms with Gasteiger partial charge in [-0.1, -0.05) is 0 Å². The highest BCUT2D eigenvalue weighted by atomic mass is 16.6. The second-order valence-electron chi connectivity index (χ2n) is 0.671. The van der Waals surface area contributed by atoms with E-state index < -0.39 is 5.95 Å². The Hall–Kier alpha value is -0.860. The van der Waals surface area contributed by atoms with Crippen LogP contribution in [0.4, 0.5) is 0 Å². The van der Waals surface area contributed by atoms with Crippen molar-refractivity contribution >= 4 is 0 Å². The van der Waals surface area contributed by atoms with Crippen LogP contribution < -0.4 is 0 Å². The van der Waals surface area contributed by atoms with Gasteiger partial charge < -0.3 is 14.9 Å². The lowest BCUT2D eigenvalue weighted by Gasteiger charge is -1.88. The predicted molar refractivity (Wildman–Crippen MR) is 20.3 cm³/mol. The van der Waals surface area contributed by atoms with E-state index in [1.165, 1.54) is 7.11 Å². The van der Waals surface area contributed by atoms with Gasteiger partial charge in [0.1, 0.15) is 0 Å². The molecule has 0 saturated heterocycles. The Kier molecular flexibility index (Phi) is 2.04. The van der Waals surface area contributed by atoms with Crippen molar-refractivity contribution in [3.63, 3.8) is 0 Å². The van der Waals surface area contributed by atoms with Crippen LogP contribution in [0.1, 0.15) is 0 Å². The van der Waals surface area contributed by atoms with Crippen molar-refractivity contribution in [3.05, 3.63) is 12.2 Å². The Morgan fingerprint density at radius 2 is 2.33 bits per heavy atom. The van der Waals surface area contributed by atoms with Crippen LogP contribution in [0.15, 0.2) is 12.2 Å². The molecule has 36 valence electrons. The predicted octanol–water partition coefficient (Wildman–Crippen LogP) is 0.548. The van der Waals surface area contributed by atoms with Crippen molar-refractivity contribution in [2.45, 2.75) is 0 Å². The molecule has 0 aromatic carbocycles. The van der Waals surface area contributed by atoms with Gasteiger partial charge in [0.2, 0.25) is 0 Å². The van der Waals surface area contributed by atoms with E-state index >= 15 is 0 Å². The van der Waals surface area contributed by atoms with Crippen LogP contribution in [0.3, 0.4) is 0 Å². The molecule has 0 saturated carbocycles. The van der Waals surface area contributed by atoms with Gasteiger partial charge in [-0.25, -0.2) is 0 Å². The molecule has 0 rings (SSSR count). The first-order valence-corrected chi connectivity index (χ1v) is 1.38. The minimum atomic E-state index is -0.477. The van der Waals surface area contributed by atoms with E-state index in [4.69, 9.17) is 10.2 Å². The largest absolute Gasteiger partial charge is 0.508 e. The molecule has 0 aliphatic rings. The van der Waals surface area contributed by atoms with Crippen LogP contribution in [0, 0.1) is 0 Å². The minimum Gasteiger partial charge on any atom is -0.508 e. The molecule has 3 nitrogen and oxygen atoms in total. The lowest BCUT2D eigenvalue weighted by molar-refractivity contribution is 0.122. The summed E-state index contributed by atoms with van der Waals surface area (Å²) in [5, 5.41) is 15.9. The third kappa shape index (κ3) is 1.46. The Bertz CT molecular complexity index is 57.1. The first-order chi connectivity index (χ1) is 2.81. The van der Waals surface area contributed by atoms with Gasteiger partial charge in [0, 0.05) is 0 Å². The maximum Gasteiger partial charge on any atom is 0.312 e. The van der Waals surface area contributed by atoms with Crippen LogP contribution >= 0.6 is 0 Å². The topological polar surface area (TPSA) is 49.7 Å². The summed E-state index contributed by atoms with van der Waals surface area (Å²) in [5.74, 6) is -0.477. The lowest BCUT2D eigenvalue weighted by Crippen LogP contribution is -1.80. The molecule has 0 atom stereocenters. The number of hydrogen-bond donors (Lipinski definition) is 2. The summed E-state index contributed by atoms with van der Waals surface area (Å²) in [6.45, 7) is 0. The molecule has 0 heterocycles. The zero-order chi connectivity index (χ0) is 4.99. The Labute approximate surface area is 35.5 Å². The fourth-order valence-electron chi connectivity index (χ4n) is 0.0527. The second kappa shape index (κ2) is 2.38. The van der Waals surface area contributed by atoms with Crippen LogP contribution in [0.2, 0.25) is 0 Å². The van der Waals surface area contributed by atoms with E-state index in [2.05, 4.69) is 4.74 Å². The fourth-order valence-corrected chi connectivity index (χ4v) is 0.0527. The molecule has 0 fully saturated rings. The number of methoxy groups -OCH3 is 1. The summed E-state index contributed by atoms with van der Waals surface area (Å²) in [6.07, 6.45) is 0.472. The molecule has 0 amide bonds. The van der Waals surface area contributed by atoms with Gasteiger partial charge in [-0.15, -0.1) is 0 Å². The summed E-state index contributed by atoms with van der Waals surface area (Å²) < 4.78 is 4.07. The van der Waals surface area contributed by atoms with Crippen LogP contribution in [-0.4, -0.2) is 17.3 Å². The average molecular weight is 90.1 g/mol. The van der Waals surface area contributed by atoms with E-state index in [9.17, 15) is 0 Å². The molecular weight excluding hydrogens is 84.0 g/mol. The second-order valence-corrected chi connectivity index (χ2v) is 0.671. The van der Waals surface area contributed by atoms with Gasteiger partial charge in [0.15, 0.2) is 6.26 Å². The smallest absolute Gasteiger partial charge is 0.312 e. The van der Waals surface area contributed by atoms with E-state index in [-0.39, 0.29) is 0 Å². The van der Waals surface area contributed by atoms with E-state index in [0.29, 0.717) is 6.26 Å². The van der Waals surface area contributed by atoms with E-state index in [0.717, 1.165) is 0 Å². The third-order valence-electron chi connectivity index (χ3n) is 0.320. The van der Waals surface area contributed by atoms with Gasteiger partial charge in [0.25, 0.3) is 0 Å². The number of aliphatic hydroxyl groups excluding tert-OH is 2. The van der Waals surface area contributed by atoms with Crippen molar-refractivity contribution in [2.75, 3.05) is 7.11 Å². The summed E-state index contributed by atoms with van der Waals surface area (Å²) >= 11 is 0. The molecule has 0 aliphatic carbocycles. The minimum absolute atomic E-state index is 0.472. The van der Waals surface area contributed by atoms with Gasteiger partial charge in [-0.3, -0.25) is 0 Å². The van der Waals surface area contributed by atoms with Gasteiger partial charge in [0.05, 0.1) is 7.11 Å². The Morgan fingerprint density at radius 1 is 1.83 bits per heavy atom. The first kappa shape index (κ1) is 5.14. The van der Waals surface area contributed by atoms with Crippen LogP contribution in [0.25, 0.3) is 0 Å². The summed E-state index contributed by atoms with van der Waals surface area (Å²) in [5.41, 5.74) is 0. The molecule has 0 radical (unpaired) electrons. The number of ether oxygens (including phenoxy) is 1. The van der Waals surface area contributed by atoms with Crippen LogP contribution in [0.5, 0.6) is 0 Å². The van der Waals surface area contributed by atoms with Crippen molar-refractivity contribution in [1.82, 2.24) is 0 Å².